The Morgan fingerprint density at radius 3 is 2.14 bits per heavy atom. The summed E-state index contributed by atoms with van der Waals surface area (Å²) in [6.07, 6.45) is 12.0. The van der Waals surface area contributed by atoms with E-state index in [-0.39, 0.29) is 36.4 Å². The molecule has 3 aliphatic carbocycles. The van der Waals surface area contributed by atoms with Crippen LogP contribution >= 0.6 is 0 Å². The molecule has 0 aromatic rings. The second-order valence-electron chi connectivity index (χ2n) is 9.19. The predicted molar refractivity (Wildman–Crippen MR) is 112 cm³/mol. The van der Waals surface area contributed by atoms with Gasteiger partial charge in [-0.1, -0.05) is 32.6 Å². The molecule has 0 saturated heterocycles. The highest BCUT2D eigenvalue weighted by Gasteiger charge is 2.33. The zero-order valence-electron chi connectivity index (χ0n) is 18.1. The summed E-state index contributed by atoms with van der Waals surface area (Å²) >= 11 is 0. The fourth-order valence-corrected chi connectivity index (χ4v) is 5.10. The molecule has 0 spiro atoms. The normalized spacial score (nSPS) is 33.5. The molecule has 0 aromatic heterocycles. The van der Waals surface area contributed by atoms with Crippen molar-refractivity contribution in [2.75, 3.05) is 7.11 Å². The summed E-state index contributed by atoms with van der Waals surface area (Å²) in [6.45, 7) is 2.15. The standard InChI is InChI=1S/C22H39N3O4/c1-15-12-13-17(24-21(26)23-16-8-4-3-5-9-16)14-18(15)25-22(27)29-20-11-7-6-10-19(20)28-2/h15-20H,3-14H2,1-2H3,(H,25,27)(H2,23,24,26). The van der Waals surface area contributed by atoms with Gasteiger partial charge < -0.3 is 25.4 Å². The van der Waals surface area contributed by atoms with E-state index in [2.05, 4.69) is 22.9 Å². The summed E-state index contributed by atoms with van der Waals surface area (Å²) in [7, 11) is 1.68. The number of hydrogen-bond acceptors (Lipinski definition) is 4. The smallest absolute Gasteiger partial charge is 0.407 e. The highest BCUT2D eigenvalue weighted by Crippen LogP contribution is 2.26. The molecule has 3 saturated carbocycles. The highest BCUT2D eigenvalue weighted by atomic mass is 16.6. The van der Waals surface area contributed by atoms with Gasteiger partial charge in [-0.2, -0.15) is 0 Å². The fraction of sp³-hybridized carbons (Fsp3) is 0.909. The Bertz CT molecular complexity index is 538. The molecule has 0 aromatic carbocycles. The van der Waals surface area contributed by atoms with Gasteiger partial charge in [0.1, 0.15) is 6.10 Å². The molecule has 3 fully saturated rings. The van der Waals surface area contributed by atoms with Crippen molar-refractivity contribution in [2.24, 2.45) is 5.92 Å². The molecule has 3 rings (SSSR count). The van der Waals surface area contributed by atoms with Crippen LogP contribution in [-0.4, -0.2) is 49.6 Å². The second kappa shape index (κ2) is 11.0. The second-order valence-corrected chi connectivity index (χ2v) is 9.19. The first-order chi connectivity index (χ1) is 14.0. The molecule has 166 valence electrons. The number of ether oxygens (including phenoxy) is 2. The van der Waals surface area contributed by atoms with Crippen LogP contribution < -0.4 is 16.0 Å². The van der Waals surface area contributed by atoms with Crippen LogP contribution in [0.15, 0.2) is 0 Å². The van der Waals surface area contributed by atoms with Gasteiger partial charge in [-0.15, -0.1) is 0 Å². The van der Waals surface area contributed by atoms with Gasteiger partial charge in [-0.05, 0) is 57.3 Å². The lowest BCUT2D eigenvalue weighted by atomic mass is 9.83. The SMILES string of the molecule is COC1CCCCC1OC(=O)NC1CC(NC(=O)NC2CCCCC2)CCC1C. The first-order valence-electron chi connectivity index (χ1n) is 11.6. The van der Waals surface area contributed by atoms with Gasteiger partial charge in [0.15, 0.2) is 0 Å². The summed E-state index contributed by atoms with van der Waals surface area (Å²) in [5.41, 5.74) is 0. The lowest BCUT2D eigenvalue weighted by Crippen LogP contribution is -2.53. The van der Waals surface area contributed by atoms with Gasteiger partial charge in [-0.3, -0.25) is 0 Å². The Morgan fingerprint density at radius 2 is 1.41 bits per heavy atom. The van der Waals surface area contributed by atoms with E-state index in [1.807, 2.05) is 0 Å². The number of alkyl carbamates (subject to hydrolysis) is 1. The van der Waals surface area contributed by atoms with E-state index in [0.717, 1.165) is 57.8 Å². The van der Waals surface area contributed by atoms with Crippen molar-refractivity contribution in [3.05, 3.63) is 0 Å². The predicted octanol–water partition coefficient (Wildman–Crippen LogP) is 3.86. The number of carbonyl (C=O) groups is 2. The van der Waals surface area contributed by atoms with Crippen LogP contribution in [0.2, 0.25) is 0 Å². The van der Waals surface area contributed by atoms with E-state index in [0.29, 0.717) is 12.0 Å². The molecular formula is C22H39N3O4. The maximum atomic E-state index is 12.5. The molecule has 7 nitrogen and oxygen atoms in total. The summed E-state index contributed by atoms with van der Waals surface area (Å²) in [4.78, 5) is 24.9. The van der Waals surface area contributed by atoms with E-state index in [1.165, 1.54) is 19.3 Å². The minimum Gasteiger partial charge on any atom is -0.443 e. The quantitative estimate of drug-likeness (QED) is 0.643. The molecule has 7 heteroatoms. The van der Waals surface area contributed by atoms with Gasteiger partial charge in [0.2, 0.25) is 0 Å². The molecule has 0 heterocycles. The molecule has 0 aliphatic heterocycles. The summed E-state index contributed by atoms with van der Waals surface area (Å²) in [5, 5.41) is 9.30. The van der Waals surface area contributed by atoms with Crippen molar-refractivity contribution in [1.29, 1.82) is 0 Å². The molecule has 3 N–H and O–H groups in total. The summed E-state index contributed by atoms with van der Waals surface area (Å²) in [6, 6.07) is 0.338. The third-order valence-corrected chi connectivity index (χ3v) is 6.98. The van der Waals surface area contributed by atoms with E-state index in [4.69, 9.17) is 9.47 Å². The van der Waals surface area contributed by atoms with Crippen molar-refractivity contribution >= 4 is 12.1 Å². The van der Waals surface area contributed by atoms with Crippen molar-refractivity contribution < 1.29 is 19.1 Å². The number of rotatable bonds is 5. The Labute approximate surface area is 175 Å². The summed E-state index contributed by atoms with van der Waals surface area (Å²) in [5.74, 6) is 0.367. The molecule has 0 bridgehead atoms. The number of hydrogen-bond donors (Lipinski definition) is 3. The van der Waals surface area contributed by atoms with Gasteiger partial charge in [-0.25, -0.2) is 9.59 Å². The molecule has 5 atom stereocenters. The number of nitrogens with one attached hydrogen (secondary N) is 3. The molecule has 5 unspecified atom stereocenters. The van der Waals surface area contributed by atoms with Crippen LogP contribution in [0.25, 0.3) is 0 Å². The van der Waals surface area contributed by atoms with Crippen LogP contribution in [-0.2, 0) is 9.47 Å². The Morgan fingerprint density at radius 1 is 0.759 bits per heavy atom. The van der Waals surface area contributed by atoms with Gasteiger partial charge in [0, 0.05) is 25.2 Å². The van der Waals surface area contributed by atoms with Crippen LogP contribution in [0.3, 0.4) is 0 Å². The zero-order chi connectivity index (χ0) is 20.6. The molecule has 29 heavy (non-hydrogen) atoms. The Kier molecular flexibility index (Phi) is 8.45. The van der Waals surface area contributed by atoms with E-state index >= 15 is 0 Å². The van der Waals surface area contributed by atoms with E-state index in [1.54, 1.807) is 7.11 Å². The minimum absolute atomic E-state index is 0.00354. The zero-order valence-corrected chi connectivity index (χ0v) is 18.1. The van der Waals surface area contributed by atoms with Crippen LogP contribution in [0.1, 0.15) is 84.0 Å². The first kappa shape index (κ1) is 22.2. The molecule has 3 aliphatic rings. The first-order valence-corrected chi connectivity index (χ1v) is 11.6. The average Bonchev–Trinajstić information content (AvgIpc) is 2.71. The molecular weight excluding hydrogens is 370 g/mol. The lowest BCUT2D eigenvalue weighted by molar-refractivity contribution is -0.0453. The monoisotopic (exact) mass is 409 g/mol. The maximum Gasteiger partial charge on any atom is 0.407 e. The Hall–Kier alpha value is -1.50. The molecule has 3 amide bonds. The van der Waals surface area contributed by atoms with Gasteiger partial charge in [0.05, 0.1) is 6.10 Å². The van der Waals surface area contributed by atoms with Crippen molar-refractivity contribution in [3.8, 4) is 0 Å². The van der Waals surface area contributed by atoms with Crippen LogP contribution in [0.5, 0.6) is 0 Å². The highest BCUT2D eigenvalue weighted by molar-refractivity contribution is 5.74. The van der Waals surface area contributed by atoms with Crippen LogP contribution in [0.4, 0.5) is 9.59 Å². The van der Waals surface area contributed by atoms with Crippen LogP contribution in [0, 0.1) is 5.92 Å². The van der Waals surface area contributed by atoms with E-state index in [9.17, 15) is 9.59 Å². The third-order valence-electron chi connectivity index (χ3n) is 6.98. The van der Waals surface area contributed by atoms with Crippen molar-refractivity contribution in [2.45, 2.75) is 114 Å². The summed E-state index contributed by atoms with van der Waals surface area (Å²) < 4.78 is 11.2. The van der Waals surface area contributed by atoms with Crippen molar-refractivity contribution in [1.82, 2.24) is 16.0 Å². The van der Waals surface area contributed by atoms with Gasteiger partial charge in [0.25, 0.3) is 0 Å². The lowest BCUT2D eigenvalue weighted by Gasteiger charge is -2.36. The molecule has 0 radical (unpaired) electrons. The maximum absolute atomic E-state index is 12.5. The number of urea groups is 1. The third kappa shape index (κ3) is 6.76. The number of carbonyl (C=O) groups excluding carboxylic acids is 2. The Balaban J connectivity index is 1.43. The average molecular weight is 410 g/mol. The van der Waals surface area contributed by atoms with Gasteiger partial charge >= 0.3 is 12.1 Å². The topological polar surface area (TPSA) is 88.7 Å². The fourth-order valence-electron chi connectivity index (χ4n) is 5.10. The number of amides is 3. The minimum atomic E-state index is -0.358. The number of methoxy groups -OCH3 is 1. The largest absolute Gasteiger partial charge is 0.443 e. The van der Waals surface area contributed by atoms with E-state index < -0.39 is 0 Å². The van der Waals surface area contributed by atoms with Crippen molar-refractivity contribution in [3.63, 3.8) is 0 Å².